The molecule has 0 fully saturated rings. The second kappa shape index (κ2) is 8.19. The van der Waals surface area contributed by atoms with Crippen molar-refractivity contribution >= 4 is 11.9 Å². The number of carboxylic acid groups (broad SMARTS) is 1. The summed E-state index contributed by atoms with van der Waals surface area (Å²) < 4.78 is 5.19. The van der Waals surface area contributed by atoms with Crippen molar-refractivity contribution in [3.63, 3.8) is 0 Å². The predicted molar refractivity (Wildman–Crippen MR) is 75.9 cm³/mol. The topological polar surface area (TPSA) is 75.6 Å². The molecule has 20 heavy (non-hydrogen) atoms. The molecule has 5 nitrogen and oxygen atoms in total. The molecule has 0 aliphatic rings. The number of amides is 1. The Balaban J connectivity index is 2.28. The zero-order valence-electron chi connectivity index (χ0n) is 11.9. The van der Waals surface area contributed by atoms with Gasteiger partial charge in [0.05, 0.1) is 13.5 Å². The number of ether oxygens (including phenoxy) is 1. The molecule has 0 atom stereocenters. The van der Waals surface area contributed by atoms with Crippen molar-refractivity contribution < 1.29 is 19.4 Å². The van der Waals surface area contributed by atoms with E-state index >= 15 is 0 Å². The molecule has 2 N–H and O–H groups in total. The molecule has 0 bridgehead atoms. The van der Waals surface area contributed by atoms with E-state index in [2.05, 4.69) is 11.4 Å². The minimum absolute atomic E-state index is 0.0383. The number of hydrogen-bond donors (Lipinski definition) is 2. The first-order chi connectivity index (χ1) is 9.52. The monoisotopic (exact) mass is 279 g/mol. The minimum atomic E-state index is -0.904. The van der Waals surface area contributed by atoms with Crippen LogP contribution in [0.5, 0.6) is 5.75 Å². The molecule has 0 spiro atoms. The van der Waals surface area contributed by atoms with Crippen molar-refractivity contribution in [1.82, 2.24) is 5.32 Å². The lowest BCUT2D eigenvalue weighted by molar-refractivity contribution is -0.136. The van der Waals surface area contributed by atoms with Gasteiger partial charge >= 0.3 is 5.97 Å². The third kappa shape index (κ3) is 5.73. The van der Waals surface area contributed by atoms with Crippen LogP contribution >= 0.6 is 0 Å². The molecular formula is C15H21NO4. The number of aliphatic carboxylic acids is 1. The van der Waals surface area contributed by atoms with Gasteiger partial charge in [-0.2, -0.15) is 0 Å². The minimum Gasteiger partial charge on any atom is -0.496 e. The Kier molecular flexibility index (Phi) is 6.56. The second-order valence-corrected chi connectivity index (χ2v) is 4.65. The average Bonchev–Trinajstić information content (AvgIpc) is 2.38. The standard InChI is InChI=1S/C15H21NO4/c1-11-10-12(6-7-13(11)20-2)4-3-5-14(17)16-9-8-15(18)19/h6-7,10H,3-5,8-9H2,1-2H3,(H,16,17)(H,18,19). The summed E-state index contributed by atoms with van der Waals surface area (Å²) in [5.41, 5.74) is 2.25. The van der Waals surface area contributed by atoms with Crippen LogP contribution in [0.25, 0.3) is 0 Å². The van der Waals surface area contributed by atoms with Crippen LogP contribution < -0.4 is 10.1 Å². The summed E-state index contributed by atoms with van der Waals surface area (Å²) in [4.78, 5) is 21.8. The SMILES string of the molecule is COc1ccc(CCCC(=O)NCCC(=O)O)cc1C. The number of carbonyl (C=O) groups is 2. The Morgan fingerprint density at radius 3 is 2.65 bits per heavy atom. The van der Waals surface area contributed by atoms with Gasteiger partial charge in [-0.1, -0.05) is 12.1 Å². The highest BCUT2D eigenvalue weighted by atomic mass is 16.5. The van der Waals surface area contributed by atoms with Crippen molar-refractivity contribution in [1.29, 1.82) is 0 Å². The van der Waals surface area contributed by atoms with Crippen molar-refractivity contribution in [2.45, 2.75) is 32.6 Å². The molecule has 0 saturated carbocycles. The molecule has 5 heteroatoms. The van der Waals surface area contributed by atoms with Crippen LogP contribution in [0, 0.1) is 6.92 Å². The molecule has 0 aromatic heterocycles. The predicted octanol–water partition coefficient (Wildman–Crippen LogP) is 1.92. The van der Waals surface area contributed by atoms with Gasteiger partial charge in [-0.25, -0.2) is 0 Å². The fourth-order valence-electron chi connectivity index (χ4n) is 1.95. The van der Waals surface area contributed by atoms with E-state index < -0.39 is 5.97 Å². The van der Waals surface area contributed by atoms with Crippen molar-refractivity contribution in [3.05, 3.63) is 29.3 Å². The van der Waals surface area contributed by atoms with Crippen LogP contribution in [0.3, 0.4) is 0 Å². The summed E-state index contributed by atoms with van der Waals surface area (Å²) in [5, 5.41) is 11.0. The van der Waals surface area contributed by atoms with E-state index in [1.165, 1.54) is 5.56 Å². The second-order valence-electron chi connectivity index (χ2n) is 4.65. The maximum Gasteiger partial charge on any atom is 0.305 e. The number of rotatable bonds is 8. The number of aryl methyl sites for hydroxylation is 2. The van der Waals surface area contributed by atoms with Gasteiger partial charge in [-0.05, 0) is 37.0 Å². The largest absolute Gasteiger partial charge is 0.496 e. The van der Waals surface area contributed by atoms with Gasteiger partial charge in [0.25, 0.3) is 0 Å². The summed E-state index contributed by atoms with van der Waals surface area (Å²) in [5.74, 6) is -0.143. The van der Waals surface area contributed by atoms with Crippen LogP contribution in [0.1, 0.15) is 30.4 Å². The lowest BCUT2D eigenvalue weighted by Gasteiger charge is -2.07. The van der Waals surface area contributed by atoms with E-state index in [4.69, 9.17) is 9.84 Å². The first-order valence-corrected chi connectivity index (χ1v) is 6.65. The van der Waals surface area contributed by atoms with Gasteiger partial charge < -0.3 is 15.2 Å². The highest BCUT2D eigenvalue weighted by Crippen LogP contribution is 2.19. The van der Waals surface area contributed by atoms with E-state index in [0.717, 1.165) is 24.2 Å². The number of hydrogen-bond acceptors (Lipinski definition) is 3. The van der Waals surface area contributed by atoms with Gasteiger partial charge in [0.1, 0.15) is 5.75 Å². The fraction of sp³-hybridized carbons (Fsp3) is 0.467. The van der Waals surface area contributed by atoms with E-state index in [-0.39, 0.29) is 18.9 Å². The maximum absolute atomic E-state index is 11.5. The highest BCUT2D eigenvalue weighted by Gasteiger charge is 2.04. The molecular weight excluding hydrogens is 258 g/mol. The summed E-state index contributed by atoms with van der Waals surface area (Å²) in [6.45, 7) is 2.18. The Labute approximate surface area is 118 Å². The Hall–Kier alpha value is -2.04. The summed E-state index contributed by atoms with van der Waals surface area (Å²) in [6, 6.07) is 5.98. The molecule has 1 rings (SSSR count). The summed E-state index contributed by atoms with van der Waals surface area (Å²) >= 11 is 0. The van der Waals surface area contributed by atoms with Gasteiger partial charge in [0, 0.05) is 13.0 Å². The van der Waals surface area contributed by atoms with Gasteiger partial charge in [0.2, 0.25) is 5.91 Å². The average molecular weight is 279 g/mol. The van der Waals surface area contributed by atoms with Crippen LogP contribution in [-0.2, 0) is 16.0 Å². The molecule has 0 heterocycles. The molecule has 1 aromatic rings. The zero-order chi connectivity index (χ0) is 15.0. The van der Waals surface area contributed by atoms with Crippen molar-refractivity contribution in [2.75, 3.05) is 13.7 Å². The number of carboxylic acids is 1. The number of methoxy groups -OCH3 is 1. The maximum atomic E-state index is 11.5. The molecule has 1 aromatic carbocycles. The summed E-state index contributed by atoms with van der Waals surface area (Å²) in [7, 11) is 1.64. The van der Waals surface area contributed by atoms with Crippen LogP contribution in [0.2, 0.25) is 0 Å². The third-order valence-corrected chi connectivity index (χ3v) is 2.99. The normalized spacial score (nSPS) is 10.1. The molecule has 0 radical (unpaired) electrons. The van der Waals surface area contributed by atoms with Gasteiger partial charge in [-0.3, -0.25) is 9.59 Å². The lowest BCUT2D eigenvalue weighted by Crippen LogP contribution is -2.25. The number of nitrogens with one attached hydrogen (secondary N) is 1. The fourth-order valence-corrected chi connectivity index (χ4v) is 1.95. The summed E-state index contributed by atoms with van der Waals surface area (Å²) in [6.07, 6.45) is 1.93. The Morgan fingerprint density at radius 2 is 2.05 bits per heavy atom. The molecule has 110 valence electrons. The Bertz CT molecular complexity index is 471. The van der Waals surface area contributed by atoms with Crippen LogP contribution in [0.15, 0.2) is 18.2 Å². The molecule has 0 aliphatic carbocycles. The van der Waals surface area contributed by atoms with E-state index in [1.54, 1.807) is 7.11 Å². The van der Waals surface area contributed by atoms with Crippen LogP contribution in [0.4, 0.5) is 0 Å². The number of benzene rings is 1. The zero-order valence-corrected chi connectivity index (χ0v) is 11.9. The van der Waals surface area contributed by atoms with Gasteiger partial charge in [0.15, 0.2) is 0 Å². The third-order valence-electron chi connectivity index (χ3n) is 2.99. The first-order valence-electron chi connectivity index (χ1n) is 6.65. The van der Waals surface area contributed by atoms with Crippen molar-refractivity contribution in [3.8, 4) is 5.75 Å². The molecule has 0 saturated heterocycles. The highest BCUT2D eigenvalue weighted by molar-refractivity contribution is 5.76. The lowest BCUT2D eigenvalue weighted by atomic mass is 10.0. The van der Waals surface area contributed by atoms with Crippen LogP contribution in [-0.4, -0.2) is 30.6 Å². The Morgan fingerprint density at radius 1 is 1.30 bits per heavy atom. The molecule has 0 unspecified atom stereocenters. The van der Waals surface area contributed by atoms with Crippen molar-refractivity contribution in [2.24, 2.45) is 0 Å². The number of carbonyl (C=O) groups excluding carboxylic acids is 1. The van der Waals surface area contributed by atoms with E-state index in [9.17, 15) is 9.59 Å². The first kappa shape index (κ1) is 16.0. The molecule has 0 aliphatic heterocycles. The van der Waals surface area contributed by atoms with E-state index in [0.29, 0.717) is 6.42 Å². The quantitative estimate of drug-likeness (QED) is 0.762. The molecule has 1 amide bonds. The van der Waals surface area contributed by atoms with E-state index in [1.807, 2.05) is 19.1 Å². The van der Waals surface area contributed by atoms with Gasteiger partial charge in [-0.15, -0.1) is 0 Å². The smallest absolute Gasteiger partial charge is 0.305 e.